The highest BCUT2D eigenvalue weighted by atomic mass is 16.6. The van der Waals surface area contributed by atoms with Crippen LogP contribution in [-0.2, 0) is 0 Å². The predicted octanol–water partition coefficient (Wildman–Crippen LogP) is 3.34. The van der Waals surface area contributed by atoms with Crippen LogP contribution in [0.2, 0.25) is 0 Å². The van der Waals surface area contributed by atoms with Gasteiger partial charge in [0.1, 0.15) is 5.82 Å². The molecule has 1 heterocycles. The van der Waals surface area contributed by atoms with Gasteiger partial charge in [0.15, 0.2) is 0 Å². The van der Waals surface area contributed by atoms with Crippen LogP contribution in [0, 0.1) is 17.0 Å². The SMILES string of the molecule is Cc1ccc(-c2cc(N)n(-c3cccc([N+](=O)[O-])c3)n2)cc1. The summed E-state index contributed by atoms with van der Waals surface area (Å²) in [5.41, 5.74) is 9.40. The number of rotatable bonds is 3. The highest BCUT2D eigenvalue weighted by Crippen LogP contribution is 2.24. The number of nitrogens with two attached hydrogens (primary N) is 1. The molecule has 6 heteroatoms. The van der Waals surface area contributed by atoms with Crippen molar-refractivity contribution >= 4 is 11.5 Å². The summed E-state index contributed by atoms with van der Waals surface area (Å²) in [5.74, 6) is 0.427. The fraction of sp³-hybridized carbons (Fsp3) is 0.0625. The topological polar surface area (TPSA) is 87.0 Å². The number of nitrogens with zero attached hydrogens (tertiary/aromatic N) is 3. The summed E-state index contributed by atoms with van der Waals surface area (Å²) in [6.07, 6.45) is 0. The highest BCUT2D eigenvalue weighted by Gasteiger charge is 2.12. The van der Waals surface area contributed by atoms with Gasteiger partial charge < -0.3 is 5.73 Å². The largest absolute Gasteiger partial charge is 0.384 e. The number of nitrogen functional groups attached to an aromatic ring is 1. The lowest BCUT2D eigenvalue weighted by Crippen LogP contribution is -2.02. The van der Waals surface area contributed by atoms with E-state index in [4.69, 9.17) is 5.73 Å². The van der Waals surface area contributed by atoms with Crippen LogP contribution < -0.4 is 5.73 Å². The van der Waals surface area contributed by atoms with Crippen LogP contribution in [0.15, 0.2) is 54.6 Å². The van der Waals surface area contributed by atoms with Gasteiger partial charge in [0, 0.05) is 23.8 Å². The predicted molar refractivity (Wildman–Crippen MR) is 84.8 cm³/mol. The smallest absolute Gasteiger partial charge is 0.271 e. The number of benzene rings is 2. The van der Waals surface area contributed by atoms with E-state index in [1.54, 1.807) is 18.2 Å². The number of anilines is 1. The van der Waals surface area contributed by atoms with Crippen molar-refractivity contribution in [3.8, 4) is 16.9 Å². The number of hydrogen-bond acceptors (Lipinski definition) is 4. The molecule has 0 bridgehead atoms. The summed E-state index contributed by atoms with van der Waals surface area (Å²) in [7, 11) is 0. The number of aromatic nitrogens is 2. The number of nitro benzene ring substituents is 1. The molecule has 0 radical (unpaired) electrons. The Kier molecular flexibility index (Phi) is 3.34. The van der Waals surface area contributed by atoms with Gasteiger partial charge in [-0.15, -0.1) is 0 Å². The molecule has 0 saturated carbocycles. The first-order chi connectivity index (χ1) is 10.5. The van der Waals surface area contributed by atoms with Gasteiger partial charge >= 0.3 is 0 Å². The molecule has 110 valence electrons. The molecule has 0 aliphatic rings. The van der Waals surface area contributed by atoms with Gasteiger partial charge in [-0.25, -0.2) is 4.68 Å². The van der Waals surface area contributed by atoms with E-state index >= 15 is 0 Å². The zero-order chi connectivity index (χ0) is 15.7. The van der Waals surface area contributed by atoms with Crippen molar-refractivity contribution < 1.29 is 4.92 Å². The van der Waals surface area contributed by atoms with E-state index in [0.717, 1.165) is 16.8 Å². The van der Waals surface area contributed by atoms with Gasteiger partial charge in [-0.1, -0.05) is 35.9 Å². The summed E-state index contributed by atoms with van der Waals surface area (Å²) in [4.78, 5) is 10.4. The van der Waals surface area contributed by atoms with E-state index < -0.39 is 4.92 Å². The molecule has 0 aliphatic carbocycles. The van der Waals surface area contributed by atoms with Gasteiger partial charge in [0.25, 0.3) is 5.69 Å². The van der Waals surface area contributed by atoms with Crippen LogP contribution in [0.4, 0.5) is 11.5 Å². The molecule has 2 aromatic carbocycles. The maximum atomic E-state index is 10.9. The first kappa shape index (κ1) is 13.8. The maximum absolute atomic E-state index is 10.9. The number of non-ortho nitro benzene ring substituents is 1. The molecule has 0 fully saturated rings. The maximum Gasteiger partial charge on any atom is 0.271 e. The van der Waals surface area contributed by atoms with Gasteiger partial charge in [-0.05, 0) is 13.0 Å². The van der Waals surface area contributed by atoms with E-state index in [1.807, 2.05) is 31.2 Å². The van der Waals surface area contributed by atoms with Gasteiger partial charge in [0.05, 0.1) is 16.3 Å². The molecule has 3 aromatic rings. The number of hydrogen-bond donors (Lipinski definition) is 1. The van der Waals surface area contributed by atoms with E-state index in [-0.39, 0.29) is 5.69 Å². The molecule has 0 spiro atoms. The van der Waals surface area contributed by atoms with Crippen LogP contribution in [0.25, 0.3) is 16.9 Å². The fourth-order valence-electron chi connectivity index (χ4n) is 2.21. The molecule has 0 saturated heterocycles. The molecular weight excluding hydrogens is 280 g/mol. The molecule has 0 amide bonds. The van der Waals surface area contributed by atoms with Crippen molar-refractivity contribution in [2.45, 2.75) is 6.92 Å². The second-order valence-corrected chi connectivity index (χ2v) is 5.01. The van der Waals surface area contributed by atoms with E-state index in [1.165, 1.54) is 16.8 Å². The van der Waals surface area contributed by atoms with Gasteiger partial charge in [0.2, 0.25) is 0 Å². The molecule has 0 aliphatic heterocycles. The third-order valence-corrected chi connectivity index (χ3v) is 3.37. The zero-order valence-electron chi connectivity index (χ0n) is 11.9. The second kappa shape index (κ2) is 5.33. The molecule has 22 heavy (non-hydrogen) atoms. The Bertz CT molecular complexity index is 838. The minimum atomic E-state index is -0.440. The lowest BCUT2D eigenvalue weighted by atomic mass is 10.1. The molecule has 2 N–H and O–H groups in total. The molecule has 6 nitrogen and oxygen atoms in total. The molecule has 0 unspecified atom stereocenters. The Balaban J connectivity index is 2.04. The summed E-state index contributed by atoms with van der Waals surface area (Å²) in [6.45, 7) is 2.01. The standard InChI is InChI=1S/C16H14N4O2/c1-11-5-7-12(8-6-11)15-10-16(17)19(18-15)13-3-2-4-14(9-13)20(21)22/h2-10H,17H2,1H3. The average molecular weight is 294 g/mol. The van der Waals surface area contributed by atoms with Crippen molar-refractivity contribution in [2.24, 2.45) is 0 Å². The molecule has 3 rings (SSSR count). The Labute approximate surface area is 127 Å². The van der Waals surface area contributed by atoms with Crippen molar-refractivity contribution in [1.82, 2.24) is 9.78 Å². The van der Waals surface area contributed by atoms with Gasteiger partial charge in [-0.2, -0.15) is 5.10 Å². The van der Waals surface area contributed by atoms with E-state index in [0.29, 0.717) is 11.5 Å². The summed E-state index contributed by atoms with van der Waals surface area (Å²) < 4.78 is 1.50. The molecule has 1 aromatic heterocycles. The third-order valence-electron chi connectivity index (χ3n) is 3.37. The summed E-state index contributed by atoms with van der Waals surface area (Å²) >= 11 is 0. The number of aryl methyl sites for hydroxylation is 1. The van der Waals surface area contributed by atoms with Crippen LogP contribution >= 0.6 is 0 Å². The highest BCUT2D eigenvalue weighted by molar-refractivity contribution is 5.64. The Morgan fingerprint density at radius 3 is 2.55 bits per heavy atom. The normalized spacial score (nSPS) is 10.6. The lowest BCUT2D eigenvalue weighted by Gasteiger charge is -2.03. The minimum absolute atomic E-state index is 0.00397. The average Bonchev–Trinajstić information content (AvgIpc) is 2.90. The third kappa shape index (κ3) is 2.54. The number of nitro groups is 1. The van der Waals surface area contributed by atoms with Crippen molar-refractivity contribution in [2.75, 3.05) is 5.73 Å². The van der Waals surface area contributed by atoms with Crippen molar-refractivity contribution in [1.29, 1.82) is 0 Å². The molecule has 0 atom stereocenters. The Hall–Kier alpha value is -3.15. The molecular formula is C16H14N4O2. The fourth-order valence-corrected chi connectivity index (χ4v) is 2.21. The quantitative estimate of drug-likeness (QED) is 0.593. The zero-order valence-corrected chi connectivity index (χ0v) is 11.9. The van der Waals surface area contributed by atoms with E-state index in [2.05, 4.69) is 5.10 Å². The summed E-state index contributed by atoms with van der Waals surface area (Å²) in [5, 5.41) is 15.3. The van der Waals surface area contributed by atoms with Crippen LogP contribution in [0.1, 0.15) is 5.56 Å². The summed E-state index contributed by atoms with van der Waals surface area (Å²) in [6, 6.07) is 15.9. The minimum Gasteiger partial charge on any atom is -0.384 e. The first-order valence-electron chi connectivity index (χ1n) is 6.72. The monoisotopic (exact) mass is 294 g/mol. The van der Waals surface area contributed by atoms with Crippen molar-refractivity contribution in [3.05, 3.63) is 70.3 Å². The van der Waals surface area contributed by atoms with Crippen molar-refractivity contribution in [3.63, 3.8) is 0 Å². The second-order valence-electron chi connectivity index (χ2n) is 5.01. The van der Waals surface area contributed by atoms with Crippen LogP contribution in [0.3, 0.4) is 0 Å². The van der Waals surface area contributed by atoms with Crippen LogP contribution in [-0.4, -0.2) is 14.7 Å². The Morgan fingerprint density at radius 2 is 1.86 bits per heavy atom. The van der Waals surface area contributed by atoms with Gasteiger partial charge in [-0.3, -0.25) is 10.1 Å². The lowest BCUT2D eigenvalue weighted by molar-refractivity contribution is -0.384. The Morgan fingerprint density at radius 1 is 1.14 bits per heavy atom. The van der Waals surface area contributed by atoms with E-state index in [9.17, 15) is 10.1 Å². The first-order valence-corrected chi connectivity index (χ1v) is 6.72. The van der Waals surface area contributed by atoms with Crippen LogP contribution in [0.5, 0.6) is 0 Å².